The molecule has 0 radical (unpaired) electrons. The summed E-state index contributed by atoms with van der Waals surface area (Å²) in [5.41, 5.74) is 5.76. The van der Waals surface area contributed by atoms with E-state index in [-0.39, 0.29) is 11.4 Å². The highest BCUT2D eigenvalue weighted by atomic mass is 19.4. The van der Waals surface area contributed by atoms with Gasteiger partial charge in [0.15, 0.2) is 5.84 Å². The summed E-state index contributed by atoms with van der Waals surface area (Å²) < 4.78 is 35.9. The Hall–Kier alpha value is -1.72. The van der Waals surface area contributed by atoms with E-state index in [0.717, 1.165) is 0 Å². The van der Waals surface area contributed by atoms with Crippen LogP contribution in [-0.4, -0.2) is 17.2 Å². The molecule has 1 aromatic carbocycles. The molecule has 1 aromatic rings. The van der Waals surface area contributed by atoms with E-state index in [1.54, 1.807) is 0 Å². The molecule has 3 nitrogen and oxygen atoms in total. The molecule has 0 fully saturated rings. The van der Waals surface area contributed by atoms with Crippen molar-refractivity contribution in [3.8, 4) is 0 Å². The van der Waals surface area contributed by atoms with Gasteiger partial charge in [-0.05, 0) is 5.56 Å². The molecule has 0 unspecified atom stereocenters. The summed E-state index contributed by atoms with van der Waals surface area (Å²) in [6.07, 6.45) is -5.21. The zero-order valence-electron chi connectivity index (χ0n) is 7.62. The Morgan fingerprint density at radius 1 is 1.27 bits per heavy atom. The number of hydrogen-bond acceptors (Lipinski definition) is 2. The Balaban J connectivity index is 2.82. The number of hydrogen-bond donors (Lipinski definition) is 2. The second-order valence-electron chi connectivity index (χ2n) is 2.97. The fourth-order valence-electron chi connectivity index (χ4n) is 1.08. The first kappa shape index (κ1) is 11.4. The maximum atomic E-state index is 12.0. The molecule has 0 aliphatic heterocycles. The summed E-state index contributed by atoms with van der Waals surface area (Å²) in [6, 6.07) is 5.33. The van der Waals surface area contributed by atoms with Crippen LogP contribution in [-0.2, 0) is 6.42 Å². The van der Waals surface area contributed by atoms with Crippen LogP contribution in [0.1, 0.15) is 11.1 Å². The van der Waals surface area contributed by atoms with E-state index in [9.17, 15) is 13.2 Å². The lowest BCUT2D eigenvalue weighted by atomic mass is 10.1. The molecule has 0 amide bonds. The van der Waals surface area contributed by atoms with Crippen LogP contribution in [0.3, 0.4) is 0 Å². The number of nitrogens with two attached hydrogens (primary N) is 1. The number of alkyl halides is 3. The third-order valence-electron chi connectivity index (χ3n) is 1.76. The quantitative estimate of drug-likeness (QED) is 0.344. The molecular formula is C9H9F3N2O. The van der Waals surface area contributed by atoms with Crippen molar-refractivity contribution in [3.63, 3.8) is 0 Å². The molecule has 15 heavy (non-hydrogen) atoms. The van der Waals surface area contributed by atoms with Crippen molar-refractivity contribution in [2.24, 2.45) is 10.9 Å². The van der Waals surface area contributed by atoms with Crippen molar-refractivity contribution in [2.75, 3.05) is 0 Å². The van der Waals surface area contributed by atoms with Gasteiger partial charge in [-0.25, -0.2) is 0 Å². The van der Waals surface area contributed by atoms with Crippen molar-refractivity contribution in [2.45, 2.75) is 12.6 Å². The van der Waals surface area contributed by atoms with Gasteiger partial charge in [0.25, 0.3) is 0 Å². The standard InChI is InChI=1S/C9H9F3N2O/c10-9(11,12)5-6-1-3-7(4-2-6)8(13)14-15/h1-4,15H,5H2,(H2,13,14). The highest BCUT2D eigenvalue weighted by molar-refractivity contribution is 5.96. The zero-order chi connectivity index (χ0) is 11.5. The third kappa shape index (κ3) is 3.49. The van der Waals surface area contributed by atoms with E-state index in [0.29, 0.717) is 5.56 Å². The normalized spacial score (nSPS) is 12.9. The molecular weight excluding hydrogens is 209 g/mol. The van der Waals surface area contributed by atoms with Gasteiger partial charge in [-0.3, -0.25) is 0 Å². The Bertz CT molecular complexity index is 357. The first-order valence-corrected chi connectivity index (χ1v) is 4.06. The minimum Gasteiger partial charge on any atom is -0.409 e. The lowest BCUT2D eigenvalue weighted by Crippen LogP contribution is -2.14. The van der Waals surface area contributed by atoms with E-state index in [4.69, 9.17) is 10.9 Å². The van der Waals surface area contributed by atoms with Gasteiger partial charge < -0.3 is 10.9 Å². The van der Waals surface area contributed by atoms with Crippen molar-refractivity contribution >= 4 is 5.84 Å². The summed E-state index contributed by atoms with van der Waals surface area (Å²) in [5, 5.41) is 11.1. The Morgan fingerprint density at radius 3 is 2.20 bits per heavy atom. The van der Waals surface area contributed by atoms with Gasteiger partial charge >= 0.3 is 6.18 Å². The van der Waals surface area contributed by atoms with E-state index >= 15 is 0 Å². The van der Waals surface area contributed by atoms with Crippen molar-refractivity contribution in [1.29, 1.82) is 0 Å². The number of nitrogens with zero attached hydrogens (tertiary/aromatic N) is 1. The molecule has 3 N–H and O–H groups in total. The second-order valence-corrected chi connectivity index (χ2v) is 2.97. The summed E-state index contributed by atoms with van der Waals surface area (Å²) in [6.45, 7) is 0. The fourth-order valence-corrected chi connectivity index (χ4v) is 1.08. The average Bonchev–Trinajstić information content (AvgIpc) is 2.15. The van der Waals surface area contributed by atoms with Crippen LogP contribution in [0.2, 0.25) is 0 Å². The van der Waals surface area contributed by atoms with Crippen molar-refractivity contribution in [1.82, 2.24) is 0 Å². The van der Waals surface area contributed by atoms with Crippen LogP contribution in [0.25, 0.3) is 0 Å². The maximum absolute atomic E-state index is 12.0. The van der Waals surface area contributed by atoms with E-state index in [1.807, 2.05) is 0 Å². The number of amidine groups is 1. The van der Waals surface area contributed by atoms with Gasteiger partial charge in [-0.1, -0.05) is 29.4 Å². The molecule has 0 aliphatic carbocycles. The zero-order valence-corrected chi connectivity index (χ0v) is 7.62. The molecule has 0 saturated carbocycles. The molecule has 1 rings (SSSR count). The summed E-state index contributed by atoms with van der Waals surface area (Å²) in [7, 11) is 0. The summed E-state index contributed by atoms with van der Waals surface area (Å²) >= 11 is 0. The molecule has 0 atom stereocenters. The van der Waals surface area contributed by atoms with Gasteiger partial charge in [0.1, 0.15) is 0 Å². The second kappa shape index (κ2) is 4.20. The highest BCUT2D eigenvalue weighted by Gasteiger charge is 2.27. The molecule has 0 aliphatic rings. The van der Waals surface area contributed by atoms with Crippen LogP contribution < -0.4 is 5.73 Å². The van der Waals surface area contributed by atoms with Crippen molar-refractivity contribution < 1.29 is 18.4 Å². The lowest BCUT2D eigenvalue weighted by Gasteiger charge is -2.06. The van der Waals surface area contributed by atoms with Crippen LogP contribution >= 0.6 is 0 Å². The number of oxime groups is 1. The van der Waals surface area contributed by atoms with Crippen LogP contribution in [0, 0.1) is 0 Å². The van der Waals surface area contributed by atoms with E-state index in [1.165, 1.54) is 24.3 Å². The number of benzene rings is 1. The van der Waals surface area contributed by atoms with E-state index in [2.05, 4.69) is 5.16 Å². The highest BCUT2D eigenvalue weighted by Crippen LogP contribution is 2.21. The third-order valence-corrected chi connectivity index (χ3v) is 1.76. The first-order chi connectivity index (χ1) is 6.92. The lowest BCUT2D eigenvalue weighted by molar-refractivity contribution is -0.127. The Kier molecular flexibility index (Phi) is 3.18. The van der Waals surface area contributed by atoms with Gasteiger partial charge in [-0.15, -0.1) is 0 Å². The summed E-state index contributed by atoms with van der Waals surface area (Å²) in [4.78, 5) is 0. The monoisotopic (exact) mass is 218 g/mol. The van der Waals surface area contributed by atoms with Crippen molar-refractivity contribution in [3.05, 3.63) is 35.4 Å². The molecule has 0 heterocycles. The Labute approximate surface area is 84.0 Å². The Morgan fingerprint density at radius 2 is 1.80 bits per heavy atom. The van der Waals surface area contributed by atoms with Gasteiger partial charge in [-0.2, -0.15) is 13.2 Å². The molecule has 0 bridgehead atoms. The molecule has 6 heteroatoms. The predicted molar refractivity (Wildman–Crippen MR) is 48.7 cm³/mol. The largest absolute Gasteiger partial charge is 0.409 e. The number of halogens is 3. The van der Waals surface area contributed by atoms with Gasteiger partial charge in [0.05, 0.1) is 6.42 Å². The van der Waals surface area contributed by atoms with Crippen LogP contribution in [0.15, 0.2) is 29.4 Å². The SMILES string of the molecule is NC(=NO)c1ccc(CC(F)(F)F)cc1. The number of rotatable bonds is 2. The fraction of sp³-hybridized carbons (Fsp3) is 0.222. The first-order valence-electron chi connectivity index (χ1n) is 4.06. The molecule has 0 saturated heterocycles. The van der Waals surface area contributed by atoms with Gasteiger partial charge in [0, 0.05) is 5.56 Å². The van der Waals surface area contributed by atoms with E-state index < -0.39 is 12.6 Å². The maximum Gasteiger partial charge on any atom is 0.393 e. The average molecular weight is 218 g/mol. The smallest absolute Gasteiger partial charge is 0.393 e. The molecule has 0 spiro atoms. The molecule has 0 aromatic heterocycles. The minimum atomic E-state index is -4.22. The molecule has 82 valence electrons. The van der Waals surface area contributed by atoms with Gasteiger partial charge in [0.2, 0.25) is 0 Å². The minimum absolute atomic E-state index is 0.131. The summed E-state index contributed by atoms with van der Waals surface area (Å²) in [5.74, 6) is -0.131. The topological polar surface area (TPSA) is 58.6 Å². The predicted octanol–water partition coefficient (Wildman–Crippen LogP) is 1.89. The van der Waals surface area contributed by atoms with Crippen LogP contribution in [0.4, 0.5) is 13.2 Å². The van der Waals surface area contributed by atoms with Crippen LogP contribution in [0.5, 0.6) is 0 Å².